The van der Waals surface area contributed by atoms with Crippen molar-refractivity contribution in [2.75, 3.05) is 0 Å². The number of aromatic hydroxyl groups is 2. The minimum absolute atomic E-state index is 0.0258. The first-order chi connectivity index (χ1) is 10.4. The van der Waals surface area contributed by atoms with Gasteiger partial charge in [-0.3, -0.25) is 4.79 Å². The number of hydrogen-bond donors (Lipinski definition) is 3. The molecule has 2 aromatic rings. The van der Waals surface area contributed by atoms with Crippen molar-refractivity contribution in [2.24, 2.45) is 0 Å². The van der Waals surface area contributed by atoms with Gasteiger partial charge in [0.2, 0.25) is 5.91 Å². The van der Waals surface area contributed by atoms with Gasteiger partial charge in [-0.1, -0.05) is 6.07 Å². The van der Waals surface area contributed by atoms with E-state index in [2.05, 4.69) is 5.32 Å². The molecular weight excluding hydrogens is 299 g/mol. The average molecular weight is 311 g/mol. The first-order valence-electron chi connectivity index (χ1n) is 6.28. The lowest BCUT2D eigenvalue weighted by Gasteiger charge is -2.07. The fourth-order valence-corrected chi connectivity index (χ4v) is 1.81. The molecule has 0 saturated carbocycles. The second-order valence-corrected chi connectivity index (χ2v) is 4.63. The molecule has 0 aliphatic heterocycles. The van der Waals surface area contributed by atoms with E-state index in [4.69, 9.17) is 5.11 Å². The minimum Gasteiger partial charge on any atom is -0.504 e. The molecule has 0 bridgehead atoms. The van der Waals surface area contributed by atoms with Crippen molar-refractivity contribution in [1.82, 2.24) is 5.32 Å². The highest BCUT2D eigenvalue weighted by molar-refractivity contribution is 5.78. The molecular formula is C15H12F3NO3. The number of nitrogens with one attached hydrogen (secondary N) is 1. The molecule has 0 unspecified atom stereocenters. The summed E-state index contributed by atoms with van der Waals surface area (Å²) in [4.78, 5) is 11.7. The molecule has 0 aliphatic carbocycles. The molecule has 1 amide bonds. The fraction of sp³-hybridized carbons (Fsp3) is 0.133. The fourth-order valence-electron chi connectivity index (χ4n) is 1.81. The van der Waals surface area contributed by atoms with Gasteiger partial charge in [-0.25, -0.2) is 13.2 Å². The third kappa shape index (κ3) is 3.69. The first-order valence-corrected chi connectivity index (χ1v) is 6.28. The molecule has 0 radical (unpaired) electrons. The molecule has 2 aromatic carbocycles. The molecule has 2 rings (SSSR count). The molecule has 116 valence electrons. The summed E-state index contributed by atoms with van der Waals surface area (Å²) < 4.78 is 39.2. The molecule has 0 heterocycles. The van der Waals surface area contributed by atoms with E-state index >= 15 is 0 Å². The van der Waals surface area contributed by atoms with Crippen LogP contribution in [-0.4, -0.2) is 16.1 Å². The van der Waals surface area contributed by atoms with Crippen LogP contribution >= 0.6 is 0 Å². The van der Waals surface area contributed by atoms with Gasteiger partial charge in [-0.05, 0) is 23.8 Å². The molecule has 7 heteroatoms. The van der Waals surface area contributed by atoms with Gasteiger partial charge in [-0.15, -0.1) is 0 Å². The summed E-state index contributed by atoms with van der Waals surface area (Å²) in [6, 6.07) is 5.01. The van der Waals surface area contributed by atoms with Crippen LogP contribution < -0.4 is 5.32 Å². The predicted molar refractivity (Wildman–Crippen MR) is 71.6 cm³/mol. The number of amides is 1. The zero-order valence-corrected chi connectivity index (χ0v) is 11.2. The molecule has 0 atom stereocenters. The number of phenolic OH excluding ortho intramolecular Hbond substituents is 2. The Balaban J connectivity index is 1.98. The first kappa shape index (κ1) is 15.7. The van der Waals surface area contributed by atoms with Crippen molar-refractivity contribution in [3.63, 3.8) is 0 Å². The Labute approximate surface area is 123 Å². The van der Waals surface area contributed by atoms with Crippen LogP contribution in [0.2, 0.25) is 0 Å². The third-order valence-electron chi connectivity index (χ3n) is 2.97. The monoisotopic (exact) mass is 311 g/mol. The van der Waals surface area contributed by atoms with E-state index in [1.165, 1.54) is 18.2 Å². The maximum atomic E-state index is 13.4. The van der Waals surface area contributed by atoms with Crippen LogP contribution in [-0.2, 0) is 17.8 Å². The van der Waals surface area contributed by atoms with Crippen molar-refractivity contribution in [3.05, 3.63) is 58.9 Å². The van der Waals surface area contributed by atoms with E-state index < -0.39 is 29.8 Å². The largest absolute Gasteiger partial charge is 0.504 e. The van der Waals surface area contributed by atoms with Crippen LogP contribution in [0.4, 0.5) is 13.2 Å². The molecule has 4 nitrogen and oxygen atoms in total. The van der Waals surface area contributed by atoms with E-state index in [-0.39, 0.29) is 23.6 Å². The van der Waals surface area contributed by atoms with Gasteiger partial charge in [-0.2, -0.15) is 0 Å². The number of halogens is 3. The lowest BCUT2D eigenvalue weighted by atomic mass is 10.1. The molecule has 3 N–H and O–H groups in total. The van der Waals surface area contributed by atoms with Crippen LogP contribution in [0.5, 0.6) is 11.5 Å². The van der Waals surface area contributed by atoms with Crippen LogP contribution in [0.1, 0.15) is 11.1 Å². The predicted octanol–water partition coefficient (Wildman–Crippen LogP) is 2.37. The number of hydrogen-bond acceptors (Lipinski definition) is 3. The quantitative estimate of drug-likeness (QED) is 0.600. The van der Waals surface area contributed by atoms with Gasteiger partial charge in [0, 0.05) is 18.2 Å². The number of carbonyl (C=O) groups excluding carboxylic acids is 1. The van der Waals surface area contributed by atoms with Gasteiger partial charge in [0.05, 0.1) is 6.42 Å². The molecule has 22 heavy (non-hydrogen) atoms. The van der Waals surface area contributed by atoms with Crippen LogP contribution in [0.25, 0.3) is 0 Å². The normalized spacial score (nSPS) is 10.5. The van der Waals surface area contributed by atoms with Gasteiger partial charge < -0.3 is 15.5 Å². The minimum atomic E-state index is -1.32. The van der Waals surface area contributed by atoms with Gasteiger partial charge in [0.15, 0.2) is 23.1 Å². The van der Waals surface area contributed by atoms with Crippen LogP contribution in [0, 0.1) is 17.5 Å². The van der Waals surface area contributed by atoms with Crippen molar-refractivity contribution >= 4 is 5.91 Å². The summed E-state index contributed by atoms with van der Waals surface area (Å²) in [6.45, 7) is 0.0258. The number of benzene rings is 2. The average Bonchev–Trinajstić information content (AvgIpc) is 2.46. The van der Waals surface area contributed by atoms with Crippen molar-refractivity contribution in [3.8, 4) is 11.5 Å². The summed E-state index contributed by atoms with van der Waals surface area (Å²) in [6.07, 6.45) is -0.451. The lowest BCUT2D eigenvalue weighted by Crippen LogP contribution is -2.25. The molecule has 0 spiro atoms. The smallest absolute Gasteiger partial charge is 0.224 e. The highest BCUT2D eigenvalue weighted by Gasteiger charge is 2.13. The van der Waals surface area contributed by atoms with Crippen LogP contribution in [0.3, 0.4) is 0 Å². The van der Waals surface area contributed by atoms with Gasteiger partial charge in [0.1, 0.15) is 5.82 Å². The number of rotatable bonds is 4. The Kier molecular flexibility index (Phi) is 4.55. The SMILES string of the molecule is O=C(Cc1cc(F)c(F)cc1F)NCc1ccc(O)c(O)c1. The Morgan fingerprint density at radius 1 is 0.955 bits per heavy atom. The maximum absolute atomic E-state index is 13.4. The van der Waals surface area contributed by atoms with Gasteiger partial charge >= 0.3 is 0 Å². The summed E-state index contributed by atoms with van der Waals surface area (Å²) in [5.74, 6) is -4.78. The highest BCUT2D eigenvalue weighted by atomic mass is 19.2. The van der Waals surface area contributed by atoms with Gasteiger partial charge in [0.25, 0.3) is 0 Å². The highest BCUT2D eigenvalue weighted by Crippen LogP contribution is 2.24. The van der Waals surface area contributed by atoms with E-state index in [0.717, 1.165) is 0 Å². The van der Waals surface area contributed by atoms with E-state index in [1.54, 1.807) is 0 Å². The molecule has 0 fully saturated rings. The number of carbonyl (C=O) groups is 1. The lowest BCUT2D eigenvalue weighted by molar-refractivity contribution is -0.120. The topological polar surface area (TPSA) is 69.6 Å². The Hall–Kier alpha value is -2.70. The van der Waals surface area contributed by atoms with E-state index in [1.807, 2.05) is 0 Å². The number of phenols is 2. The van der Waals surface area contributed by atoms with Crippen molar-refractivity contribution < 1.29 is 28.2 Å². The van der Waals surface area contributed by atoms with E-state index in [0.29, 0.717) is 17.7 Å². The molecule has 0 aliphatic rings. The zero-order valence-electron chi connectivity index (χ0n) is 11.2. The zero-order chi connectivity index (χ0) is 16.3. The van der Waals surface area contributed by atoms with Crippen molar-refractivity contribution in [1.29, 1.82) is 0 Å². The van der Waals surface area contributed by atoms with E-state index in [9.17, 15) is 23.1 Å². The van der Waals surface area contributed by atoms with Crippen LogP contribution in [0.15, 0.2) is 30.3 Å². The Morgan fingerprint density at radius 3 is 2.32 bits per heavy atom. The summed E-state index contributed by atoms with van der Waals surface area (Å²) in [5, 5.41) is 20.9. The Morgan fingerprint density at radius 2 is 1.64 bits per heavy atom. The molecule has 0 aromatic heterocycles. The summed E-state index contributed by atoms with van der Waals surface area (Å²) in [5.41, 5.74) is 0.249. The Bertz CT molecular complexity index is 719. The summed E-state index contributed by atoms with van der Waals surface area (Å²) >= 11 is 0. The molecule has 0 saturated heterocycles. The standard InChI is InChI=1S/C15H12F3NO3/c16-10-6-12(18)11(17)4-9(10)5-15(22)19-7-8-1-2-13(20)14(21)3-8/h1-4,6,20-21H,5,7H2,(H,19,22). The maximum Gasteiger partial charge on any atom is 0.224 e. The summed E-state index contributed by atoms with van der Waals surface area (Å²) in [7, 11) is 0. The second kappa shape index (κ2) is 6.38. The second-order valence-electron chi connectivity index (χ2n) is 4.63. The third-order valence-corrected chi connectivity index (χ3v) is 2.97. The van der Waals surface area contributed by atoms with Crippen molar-refractivity contribution in [2.45, 2.75) is 13.0 Å².